The highest BCUT2D eigenvalue weighted by Crippen LogP contribution is 2.23. The van der Waals surface area contributed by atoms with Gasteiger partial charge in [-0.2, -0.15) is 5.10 Å². The molecule has 0 saturated carbocycles. The van der Waals surface area contributed by atoms with Gasteiger partial charge in [0.25, 0.3) is 0 Å². The molecule has 1 aromatic carbocycles. The van der Waals surface area contributed by atoms with Crippen LogP contribution < -0.4 is 0 Å². The van der Waals surface area contributed by atoms with Gasteiger partial charge in [-0.15, -0.1) is 0 Å². The Morgan fingerprint density at radius 2 is 1.93 bits per heavy atom. The van der Waals surface area contributed by atoms with Gasteiger partial charge in [-0.3, -0.25) is 4.68 Å². The molecule has 0 aliphatic rings. The summed E-state index contributed by atoms with van der Waals surface area (Å²) in [5.74, 6) is -1.23. The Balaban J connectivity index is 2.61. The Labute approximate surface area is 79.8 Å². The summed E-state index contributed by atoms with van der Waals surface area (Å²) in [6, 6.07) is 5.17. The molecule has 0 bridgehead atoms. The first kappa shape index (κ1) is 8.87. The van der Waals surface area contributed by atoms with Crippen molar-refractivity contribution in [2.45, 2.75) is 0 Å². The molecule has 0 fully saturated rings. The summed E-state index contributed by atoms with van der Waals surface area (Å²) in [5, 5.41) is 3.88. The smallest absolute Gasteiger partial charge is 0.135 e. The van der Waals surface area contributed by atoms with Crippen LogP contribution in [0.1, 0.15) is 0 Å². The molecule has 0 amide bonds. The van der Waals surface area contributed by atoms with E-state index in [1.165, 1.54) is 28.9 Å². The van der Waals surface area contributed by atoms with Crippen molar-refractivity contribution < 1.29 is 8.78 Å². The number of rotatable bonds is 1. The molecule has 1 radical (unpaired) electrons. The van der Waals surface area contributed by atoms with Crippen molar-refractivity contribution in [3.63, 3.8) is 0 Å². The molecule has 1 heterocycles. The maximum Gasteiger partial charge on any atom is 0.135 e. The first-order valence-corrected chi connectivity index (χ1v) is 4.04. The first-order valence-electron chi connectivity index (χ1n) is 4.04. The van der Waals surface area contributed by atoms with Crippen LogP contribution in [0.4, 0.5) is 8.78 Å². The molecule has 2 nitrogen and oxygen atoms in total. The molecule has 0 saturated heterocycles. The number of benzene rings is 1. The third-order valence-corrected chi connectivity index (χ3v) is 1.86. The normalized spacial score (nSPS) is 10.5. The molecule has 2 rings (SSSR count). The van der Waals surface area contributed by atoms with Gasteiger partial charge in [0.15, 0.2) is 0 Å². The number of hydrogen-bond donors (Lipinski definition) is 0. The fraction of sp³-hybridized carbons (Fsp3) is 0.100. The van der Waals surface area contributed by atoms with Gasteiger partial charge in [-0.25, -0.2) is 8.78 Å². The van der Waals surface area contributed by atoms with Crippen molar-refractivity contribution in [2.75, 3.05) is 0 Å². The predicted molar refractivity (Wildman–Crippen MR) is 47.4 cm³/mol. The quantitative estimate of drug-likeness (QED) is 0.678. The van der Waals surface area contributed by atoms with Crippen LogP contribution in [-0.2, 0) is 7.05 Å². The summed E-state index contributed by atoms with van der Waals surface area (Å²) >= 11 is 0. The maximum atomic E-state index is 13.2. The average molecular weight is 193 g/mol. The van der Waals surface area contributed by atoms with Crippen LogP contribution in [-0.4, -0.2) is 9.78 Å². The Morgan fingerprint density at radius 3 is 2.43 bits per heavy atom. The largest absolute Gasteiger partial charge is 0.266 e. The monoisotopic (exact) mass is 193 g/mol. The molecular formula is C10H7F2N2. The maximum absolute atomic E-state index is 13.2. The lowest BCUT2D eigenvalue weighted by Crippen LogP contribution is -1.92. The number of aromatic nitrogens is 2. The predicted octanol–water partition coefficient (Wildman–Crippen LogP) is 2.17. The van der Waals surface area contributed by atoms with Crippen LogP contribution in [0.25, 0.3) is 11.3 Å². The summed E-state index contributed by atoms with van der Waals surface area (Å²) in [4.78, 5) is 0. The van der Waals surface area contributed by atoms with Crippen molar-refractivity contribution in [3.8, 4) is 11.3 Å². The van der Waals surface area contributed by atoms with E-state index in [0.717, 1.165) is 0 Å². The zero-order valence-corrected chi connectivity index (χ0v) is 7.46. The number of halogens is 2. The van der Waals surface area contributed by atoms with Crippen LogP contribution in [0.2, 0.25) is 0 Å². The van der Waals surface area contributed by atoms with Gasteiger partial charge in [0.2, 0.25) is 0 Å². The molecule has 0 aliphatic carbocycles. The SMILES string of the molecule is Cn1[c]cc(-c2c(F)cccc2F)n1. The molecule has 0 spiro atoms. The average Bonchev–Trinajstić information content (AvgIpc) is 2.51. The second-order valence-corrected chi connectivity index (χ2v) is 2.88. The van der Waals surface area contributed by atoms with Crippen molar-refractivity contribution in [1.82, 2.24) is 9.78 Å². The van der Waals surface area contributed by atoms with E-state index in [0.29, 0.717) is 0 Å². The van der Waals surface area contributed by atoms with E-state index in [4.69, 9.17) is 0 Å². The molecule has 0 aliphatic heterocycles. The van der Waals surface area contributed by atoms with E-state index in [2.05, 4.69) is 11.3 Å². The second-order valence-electron chi connectivity index (χ2n) is 2.88. The molecule has 0 atom stereocenters. The van der Waals surface area contributed by atoms with Gasteiger partial charge >= 0.3 is 0 Å². The molecule has 4 heteroatoms. The van der Waals surface area contributed by atoms with Crippen LogP contribution in [0.5, 0.6) is 0 Å². The van der Waals surface area contributed by atoms with Crippen LogP contribution in [0.15, 0.2) is 24.3 Å². The molecule has 71 valence electrons. The van der Waals surface area contributed by atoms with E-state index in [1.54, 1.807) is 7.05 Å². The van der Waals surface area contributed by atoms with E-state index < -0.39 is 11.6 Å². The minimum Gasteiger partial charge on any atom is -0.266 e. The fourth-order valence-corrected chi connectivity index (χ4v) is 1.24. The molecule has 0 N–H and O–H groups in total. The van der Waals surface area contributed by atoms with Gasteiger partial charge in [0.05, 0.1) is 17.5 Å². The minimum absolute atomic E-state index is 0.107. The van der Waals surface area contributed by atoms with Crippen molar-refractivity contribution in [1.29, 1.82) is 0 Å². The van der Waals surface area contributed by atoms with E-state index in [9.17, 15) is 8.78 Å². The van der Waals surface area contributed by atoms with Crippen molar-refractivity contribution in [3.05, 3.63) is 42.1 Å². The highest BCUT2D eigenvalue weighted by Gasteiger charge is 2.12. The Hall–Kier alpha value is -1.71. The minimum atomic E-state index is -0.614. The summed E-state index contributed by atoms with van der Waals surface area (Å²) in [7, 11) is 1.64. The number of aryl methyl sites for hydroxylation is 1. The summed E-state index contributed by atoms with van der Waals surface area (Å²) in [6.07, 6.45) is 2.69. The standard InChI is InChI=1S/C10H7F2N2/c1-14-6-5-9(13-14)10-7(11)3-2-4-8(10)12/h2-5H,1H3. The van der Waals surface area contributed by atoms with Gasteiger partial charge < -0.3 is 0 Å². The summed E-state index contributed by atoms with van der Waals surface area (Å²) < 4.78 is 27.9. The Morgan fingerprint density at radius 1 is 1.29 bits per heavy atom. The first-order chi connectivity index (χ1) is 6.68. The lowest BCUT2D eigenvalue weighted by Gasteiger charge is -2.00. The van der Waals surface area contributed by atoms with Crippen molar-refractivity contribution in [2.24, 2.45) is 7.05 Å². The van der Waals surface area contributed by atoms with Crippen LogP contribution >= 0.6 is 0 Å². The Bertz CT molecular complexity index is 443. The lowest BCUT2D eigenvalue weighted by atomic mass is 10.1. The van der Waals surface area contributed by atoms with Gasteiger partial charge in [0.1, 0.15) is 11.6 Å². The third-order valence-electron chi connectivity index (χ3n) is 1.86. The molecule has 1 aromatic heterocycles. The molecule has 0 unspecified atom stereocenters. The van der Waals surface area contributed by atoms with Gasteiger partial charge in [0, 0.05) is 7.05 Å². The Kier molecular flexibility index (Phi) is 2.04. The van der Waals surface area contributed by atoms with Crippen LogP contribution in [0, 0.1) is 17.8 Å². The zero-order valence-electron chi connectivity index (χ0n) is 7.46. The number of nitrogens with zero attached hydrogens (tertiary/aromatic N) is 2. The molecule has 14 heavy (non-hydrogen) atoms. The highest BCUT2D eigenvalue weighted by atomic mass is 19.1. The number of hydrogen-bond acceptors (Lipinski definition) is 1. The highest BCUT2D eigenvalue weighted by molar-refractivity contribution is 5.59. The second kappa shape index (κ2) is 3.21. The van der Waals surface area contributed by atoms with E-state index in [-0.39, 0.29) is 11.3 Å². The molecular weight excluding hydrogens is 186 g/mol. The van der Waals surface area contributed by atoms with Crippen LogP contribution in [0.3, 0.4) is 0 Å². The lowest BCUT2D eigenvalue weighted by molar-refractivity contribution is 0.587. The topological polar surface area (TPSA) is 17.8 Å². The van der Waals surface area contributed by atoms with Gasteiger partial charge in [-0.05, 0) is 18.2 Å². The van der Waals surface area contributed by atoms with E-state index in [1.807, 2.05) is 0 Å². The van der Waals surface area contributed by atoms with Gasteiger partial charge in [-0.1, -0.05) is 6.07 Å². The van der Waals surface area contributed by atoms with E-state index >= 15 is 0 Å². The fourth-order valence-electron chi connectivity index (χ4n) is 1.24. The zero-order chi connectivity index (χ0) is 10.1. The summed E-state index contributed by atoms with van der Waals surface area (Å²) in [5.41, 5.74) is 0.146. The summed E-state index contributed by atoms with van der Waals surface area (Å²) in [6.45, 7) is 0. The third kappa shape index (κ3) is 1.39. The van der Waals surface area contributed by atoms with Crippen molar-refractivity contribution >= 4 is 0 Å². The molecule has 2 aromatic rings.